The summed E-state index contributed by atoms with van der Waals surface area (Å²) in [4.78, 5) is 1.52. The Balaban J connectivity index is 1.62. The van der Waals surface area contributed by atoms with Gasteiger partial charge in [-0.15, -0.1) is 21.5 Å². The molecule has 0 saturated carbocycles. The van der Waals surface area contributed by atoms with Crippen LogP contribution < -0.4 is 0 Å². The van der Waals surface area contributed by atoms with Crippen molar-refractivity contribution in [2.24, 2.45) is 0 Å². The van der Waals surface area contributed by atoms with E-state index in [0.29, 0.717) is 5.75 Å². The average Bonchev–Trinajstić information content (AvgIpc) is 3.24. The molecule has 0 spiro atoms. The molecule has 2 heterocycles. The van der Waals surface area contributed by atoms with Gasteiger partial charge in [-0.1, -0.05) is 30.8 Å². The number of halogens is 1. The molecule has 0 aliphatic heterocycles. The van der Waals surface area contributed by atoms with Crippen LogP contribution in [0.5, 0.6) is 0 Å². The summed E-state index contributed by atoms with van der Waals surface area (Å²) in [7, 11) is 0. The number of nitrogens with zero attached hydrogens (tertiary/aromatic N) is 3. The van der Waals surface area contributed by atoms with Crippen molar-refractivity contribution < 1.29 is 4.39 Å². The number of hydrogen-bond acceptors (Lipinski definition) is 4. The maximum Gasteiger partial charge on any atom is 0.191 e. The Morgan fingerprint density at radius 1 is 1.23 bits per heavy atom. The van der Waals surface area contributed by atoms with Crippen LogP contribution in [0.25, 0.3) is 11.4 Å². The summed E-state index contributed by atoms with van der Waals surface area (Å²) in [5, 5.41) is 12.2. The maximum absolute atomic E-state index is 13.4. The van der Waals surface area contributed by atoms with Gasteiger partial charge in [-0.25, -0.2) is 4.39 Å². The van der Waals surface area contributed by atoms with Gasteiger partial charge in [0.25, 0.3) is 0 Å². The highest BCUT2D eigenvalue weighted by molar-refractivity contribution is 7.98. The summed E-state index contributed by atoms with van der Waals surface area (Å²) >= 11 is 3.50. The Morgan fingerprint density at radius 2 is 2.12 bits per heavy atom. The molecule has 4 rings (SSSR count). The molecule has 2 aromatic heterocycles. The van der Waals surface area contributed by atoms with Gasteiger partial charge in [0.15, 0.2) is 11.0 Å². The molecule has 1 aliphatic rings. The molecule has 26 heavy (non-hydrogen) atoms. The molecule has 6 heteroatoms. The van der Waals surface area contributed by atoms with Gasteiger partial charge in [0.05, 0.1) is 0 Å². The molecular weight excluding hydrogens is 365 g/mol. The molecule has 0 radical (unpaired) electrons. The zero-order chi connectivity index (χ0) is 17.9. The number of aryl methyl sites for hydroxylation is 1. The van der Waals surface area contributed by atoms with Crippen molar-refractivity contribution in [3.05, 3.63) is 51.5 Å². The van der Waals surface area contributed by atoms with Gasteiger partial charge in [0.2, 0.25) is 0 Å². The first-order valence-electron chi connectivity index (χ1n) is 9.16. The quantitative estimate of drug-likeness (QED) is 0.506. The maximum atomic E-state index is 13.4. The first-order valence-corrected chi connectivity index (χ1v) is 11.0. The Hall–Kier alpha value is -1.66. The van der Waals surface area contributed by atoms with Gasteiger partial charge in [0, 0.05) is 28.1 Å². The van der Waals surface area contributed by atoms with E-state index < -0.39 is 0 Å². The van der Waals surface area contributed by atoms with Crippen LogP contribution in [-0.4, -0.2) is 14.8 Å². The minimum absolute atomic E-state index is 0.191. The van der Waals surface area contributed by atoms with E-state index in [2.05, 4.69) is 27.1 Å². The summed E-state index contributed by atoms with van der Waals surface area (Å²) in [5.41, 5.74) is 3.71. The van der Waals surface area contributed by atoms with E-state index in [1.165, 1.54) is 41.3 Å². The normalized spacial score (nSPS) is 13.8. The van der Waals surface area contributed by atoms with Crippen molar-refractivity contribution in [1.82, 2.24) is 14.8 Å². The predicted octanol–water partition coefficient (Wildman–Crippen LogP) is 5.73. The Bertz CT molecular complexity index is 900. The molecule has 0 amide bonds. The minimum atomic E-state index is -0.191. The van der Waals surface area contributed by atoms with Crippen molar-refractivity contribution in [2.75, 3.05) is 0 Å². The fraction of sp³-hybridized carbons (Fsp3) is 0.400. The van der Waals surface area contributed by atoms with E-state index >= 15 is 0 Å². The van der Waals surface area contributed by atoms with Crippen molar-refractivity contribution in [2.45, 2.75) is 56.5 Å². The lowest BCUT2D eigenvalue weighted by atomic mass is 9.95. The third-order valence-corrected chi connectivity index (χ3v) is 6.85. The second kappa shape index (κ2) is 7.92. The minimum Gasteiger partial charge on any atom is -0.302 e. The fourth-order valence-electron chi connectivity index (χ4n) is 3.48. The van der Waals surface area contributed by atoms with Crippen molar-refractivity contribution in [1.29, 1.82) is 0 Å². The number of hydrogen-bond donors (Lipinski definition) is 0. The molecular formula is C20H22FN3S2. The van der Waals surface area contributed by atoms with Crippen LogP contribution in [0, 0.1) is 5.82 Å². The largest absolute Gasteiger partial charge is 0.302 e. The summed E-state index contributed by atoms with van der Waals surface area (Å²) in [6, 6.07) is 6.77. The van der Waals surface area contributed by atoms with E-state index in [0.717, 1.165) is 35.9 Å². The second-order valence-electron chi connectivity index (χ2n) is 6.63. The average molecular weight is 388 g/mol. The third kappa shape index (κ3) is 3.58. The number of thiophene rings is 1. The van der Waals surface area contributed by atoms with Crippen LogP contribution in [0.2, 0.25) is 0 Å². The summed E-state index contributed by atoms with van der Waals surface area (Å²) in [5.74, 6) is 1.50. The monoisotopic (exact) mass is 387 g/mol. The number of fused-ring (bicyclic) bond motifs is 1. The SMILES string of the molecule is CCCn1c(SCc2cccc(F)c2)nnc1-c1csc2c1CCCC2. The molecule has 1 aromatic carbocycles. The standard InChI is InChI=1S/C20H22FN3S2/c1-2-10-24-19(17-13-25-18-9-4-3-8-16(17)18)22-23-20(24)26-12-14-6-5-7-15(21)11-14/h5-7,11,13H,2-4,8-10,12H2,1H3. The van der Waals surface area contributed by atoms with Crippen LogP contribution in [-0.2, 0) is 25.1 Å². The van der Waals surface area contributed by atoms with Gasteiger partial charge in [-0.05, 0) is 55.4 Å². The van der Waals surface area contributed by atoms with Crippen LogP contribution in [0.4, 0.5) is 4.39 Å². The predicted molar refractivity (Wildman–Crippen MR) is 106 cm³/mol. The molecule has 0 atom stereocenters. The Labute approximate surface area is 161 Å². The first kappa shape index (κ1) is 17.7. The molecule has 1 aliphatic carbocycles. The van der Waals surface area contributed by atoms with Crippen LogP contribution in [0.15, 0.2) is 34.8 Å². The molecule has 3 aromatic rings. The Kier molecular flexibility index (Phi) is 5.41. The number of benzene rings is 1. The molecule has 3 nitrogen and oxygen atoms in total. The number of rotatable bonds is 6. The van der Waals surface area contributed by atoms with Crippen LogP contribution in [0.3, 0.4) is 0 Å². The van der Waals surface area contributed by atoms with Crippen LogP contribution in [0.1, 0.15) is 42.2 Å². The van der Waals surface area contributed by atoms with Crippen molar-refractivity contribution >= 4 is 23.1 Å². The summed E-state index contributed by atoms with van der Waals surface area (Å²) in [6.45, 7) is 3.08. The highest BCUT2D eigenvalue weighted by Gasteiger charge is 2.22. The van der Waals surface area contributed by atoms with Crippen molar-refractivity contribution in [3.8, 4) is 11.4 Å². The van der Waals surface area contributed by atoms with E-state index in [1.807, 2.05) is 17.4 Å². The first-order chi connectivity index (χ1) is 12.8. The number of thioether (sulfide) groups is 1. The molecule has 0 fully saturated rings. The van der Waals surface area contributed by atoms with Crippen LogP contribution >= 0.6 is 23.1 Å². The topological polar surface area (TPSA) is 30.7 Å². The van der Waals surface area contributed by atoms with Gasteiger partial charge in [-0.2, -0.15) is 0 Å². The smallest absolute Gasteiger partial charge is 0.191 e. The van der Waals surface area contributed by atoms with Crippen molar-refractivity contribution in [3.63, 3.8) is 0 Å². The second-order valence-corrected chi connectivity index (χ2v) is 8.54. The lowest BCUT2D eigenvalue weighted by molar-refractivity contribution is 0.624. The summed E-state index contributed by atoms with van der Waals surface area (Å²) in [6.07, 6.45) is 5.94. The van der Waals surface area contributed by atoms with Gasteiger partial charge in [-0.3, -0.25) is 0 Å². The molecule has 136 valence electrons. The zero-order valence-electron chi connectivity index (χ0n) is 14.9. The van der Waals surface area contributed by atoms with Gasteiger partial charge >= 0.3 is 0 Å². The molecule has 0 N–H and O–H groups in total. The molecule has 0 bridgehead atoms. The molecule has 0 saturated heterocycles. The Morgan fingerprint density at radius 3 is 2.96 bits per heavy atom. The zero-order valence-corrected chi connectivity index (χ0v) is 16.5. The summed E-state index contributed by atoms with van der Waals surface area (Å²) < 4.78 is 15.6. The fourth-order valence-corrected chi connectivity index (χ4v) is 5.51. The van der Waals surface area contributed by atoms with Gasteiger partial charge in [0.1, 0.15) is 5.82 Å². The third-order valence-electron chi connectivity index (χ3n) is 4.72. The van der Waals surface area contributed by atoms with Gasteiger partial charge < -0.3 is 4.57 Å². The molecule has 0 unspecified atom stereocenters. The van der Waals surface area contributed by atoms with E-state index in [1.54, 1.807) is 23.9 Å². The van der Waals surface area contributed by atoms with E-state index in [-0.39, 0.29) is 5.82 Å². The lowest BCUT2D eigenvalue weighted by Gasteiger charge is -2.13. The number of aromatic nitrogens is 3. The highest BCUT2D eigenvalue weighted by Crippen LogP contribution is 2.37. The lowest BCUT2D eigenvalue weighted by Crippen LogP contribution is -2.05. The highest BCUT2D eigenvalue weighted by atomic mass is 32.2. The van der Waals surface area contributed by atoms with E-state index in [4.69, 9.17) is 0 Å². The van der Waals surface area contributed by atoms with E-state index in [9.17, 15) is 4.39 Å².